The van der Waals surface area contributed by atoms with Gasteiger partial charge in [-0.25, -0.2) is 4.79 Å². The molecule has 0 aromatic heterocycles. The second-order valence-electron chi connectivity index (χ2n) is 15.1. The van der Waals surface area contributed by atoms with E-state index in [4.69, 9.17) is 9.47 Å². The first-order chi connectivity index (χ1) is 22.8. The van der Waals surface area contributed by atoms with E-state index < -0.39 is 6.29 Å². The van der Waals surface area contributed by atoms with E-state index >= 15 is 0 Å². The number of likely N-dealkylation sites (N-methyl/N-ethyl adjacent to an activating group) is 1. The molecule has 1 heterocycles. The molecule has 2 amide bonds. The highest BCUT2D eigenvalue weighted by molar-refractivity contribution is 5.75. The third-order valence-electron chi connectivity index (χ3n) is 11.7. The van der Waals surface area contributed by atoms with E-state index in [0.29, 0.717) is 6.54 Å². The summed E-state index contributed by atoms with van der Waals surface area (Å²) in [7, 11) is 2.16. The van der Waals surface area contributed by atoms with Crippen molar-refractivity contribution < 1.29 is 19.4 Å². The first-order valence-electron chi connectivity index (χ1n) is 17.7. The van der Waals surface area contributed by atoms with Crippen LogP contribution in [0.15, 0.2) is 78.9 Å². The highest BCUT2D eigenvalue weighted by atomic mass is 16.7. The lowest BCUT2D eigenvalue weighted by molar-refractivity contribution is -0.276. The number of benzene rings is 3. The Kier molecular flexibility index (Phi) is 9.43. The molecule has 5 atom stereocenters. The molecule has 250 valence electrons. The van der Waals surface area contributed by atoms with Gasteiger partial charge in [-0.15, -0.1) is 0 Å². The van der Waals surface area contributed by atoms with Crippen LogP contribution in [0, 0.1) is 23.7 Å². The molecular weight excluding hydrogens is 586 g/mol. The minimum absolute atomic E-state index is 0.00788. The van der Waals surface area contributed by atoms with Gasteiger partial charge in [0, 0.05) is 36.2 Å². The first-order valence-corrected chi connectivity index (χ1v) is 17.7. The summed E-state index contributed by atoms with van der Waals surface area (Å²) in [5, 5.41) is 16.1. The Hall–Kier alpha value is -3.23. The van der Waals surface area contributed by atoms with Crippen LogP contribution >= 0.6 is 0 Å². The number of rotatable bonds is 10. The Balaban J connectivity index is 1.02. The molecule has 5 fully saturated rings. The SMILES string of the molecule is C[C@@H]1[C@H](CN(C)[C@@H](C)c2ccccc2)O[C@H](c2ccc(CNC(=O)NC34CC5CC(CC(C5)C3)C4)cc2)O[C@@H]1c1ccc(CO)cc1. The maximum atomic E-state index is 13.0. The zero-order valence-corrected chi connectivity index (χ0v) is 28.1. The highest BCUT2D eigenvalue weighted by Crippen LogP contribution is 2.55. The summed E-state index contributed by atoms with van der Waals surface area (Å²) in [5.41, 5.74) is 5.25. The molecule has 3 aromatic rings. The van der Waals surface area contributed by atoms with Gasteiger partial charge in [-0.3, -0.25) is 4.90 Å². The second-order valence-corrected chi connectivity index (χ2v) is 15.1. The molecule has 5 aliphatic rings. The summed E-state index contributed by atoms with van der Waals surface area (Å²) in [4.78, 5) is 15.4. The van der Waals surface area contributed by atoms with Crippen LogP contribution in [0.2, 0.25) is 0 Å². The van der Waals surface area contributed by atoms with Crippen molar-refractivity contribution in [3.8, 4) is 0 Å². The van der Waals surface area contributed by atoms with Crippen LogP contribution in [0.3, 0.4) is 0 Å². The maximum Gasteiger partial charge on any atom is 0.315 e. The molecule has 0 spiro atoms. The summed E-state index contributed by atoms with van der Waals surface area (Å²) < 4.78 is 13.4. The average Bonchev–Trinajstić information content (AvgIpc) is 3.08. The van der Waals surface area contributed by atoms with Crippen molar-refractivity contribution in [3.05, 3.63) is 107 Å². The molecule has 4 saturated carbocycles. The fraction of sp³-hybridized carbons (Fsp3) is 0.525. The first kappa shape index (κ1) is 32.3. The molecular formula is C40H51N3O4. The van der Waals surface area contributed by atoms with Gasteiger partial charge in [0.2, 0.25) is 0 Å². The molecule has 3 N–H and O–H groups in total. The molecule has 0 radical (unpaired) electrons. The Morgan fingerprint density at radius 2 is 1.47 bits per heavy atom. The number of nitrogens with one attached hydrogen (secondary N) is 2. The quantitative estimate of drug-likeness (QED) is 0.215. The van der Waals surface area contributed by atoms with Crippen molar-refractivity contribution in [3.63, 3.8) is 0 Å². The number of hydrogen-bond donors (Lipinski definition) is 3. The van der Waals surface area contributed by atoms with E-state index in [0.717, 1.165) is 65.8 Å². The highest BCUT2D eigenvalue weighted by Gasteiger charge is 2.51. The third-order valence-corrected chi connectivity index (χ3v) is 11.7. The number of amides is 2. The number of ether oxygens (including phenoxy) is 2. The zero-order valence-electron chi connectivity index (χ0n) is 28.1. The van der Waals surface area contributed by atoms with Crippen molar-refractivity contribution >= 4 is 6.03 Å². The molecule has 4 bridgehead atoms. The Bertz CT molecular complexity index is 1460. The lowest BCUT2D eigenvalue weighted by Crippen LogP contribution is -2.61. The molecule has 7 heteroatoms. The number of hydrogen-bond acceptors (Lipinski definition) is 5. The largest absolute Gasteiger partial charge is 0.392 e. The van der Waals surface area contributed by atoms with Crippen LogP contribution in [-0.2, 0) is 22.6 Å². The van der Waals surface area contributed by atoms with Crippen molar-refractivity contribution in [1.29, 1.82) is 0 Å². The predicted octanol–water partition coefficient (Wildman–Crippen LogP) is 7.43. The second kappa shape index (κ2) is 13.7. The van der Waals surface area contributed by atoms with Gasteiger partial charge in [0.15, 0.2) is 6.29 Å². The Morgan fingerprint density at radius 3 is 2.09 bits per heavy atom. The van der Waals surface area contributed by atoms with Crippen LogP contribution < -0.4 is 10.6 Å². The van der Waals surface area contributed by atoms with Gasteiger partial charge in [-0.05, 0) is 92.5 Å². The smallest absolute Gasteiger partial charge is 0.315 e. The Morgan fingerprint density at radius 1 is 0.872 bits per heavy atom. The average molecular weight is 638 g/mol. The molecule has 47 heavy (non-hydrogen) atoms. The number of urea groups is 1. The summed E-state index contributed by atoms with van der Waals surface area (Å²) in [6, 6.07) is 27.1. The molecule has 7 nitrogen and oxygen atoms in total. The maximum absolute atomic E-state index is 13.0. The summed E-state index contributed by atoms with van der Waals surface area (Å²) in [6.07, 6.45) is 6.78. The molecule has 4 aliphatic carbocycles. The number of carbonyl (C=O) groups excluding carboxylic acids is 1. The number of nitrogens with zero attached hydrogens (tertiary/aromatic N) is 1. The fourth-order valence-electron chi connectivity index (χ4n) is 9.28. The monoisotopic (exact) mass is 637 g/mol. The van der Waals surface area contributed by atoms with Crippen LogP contribution in [0.4, 0.5) is 4.79 Å². The van der Waals surface area contributed by atoms with Gasteiger partial charge in [0.05, 0.1) is 18.8 Å². The predicted molar refractivity (Wildman–Crippen MR) is 183 cm³/mol. The van der Waals surface area contributed by atoms with Crippen molar-refractivity contribution in [1.82, 2.24) is 15.5 Å². The van der Waals surface area contributed by atoms with Crippen LogP contribution in [0.25, 0.3) is 0 Å². The summed E-state index contributed by atoms with van der Waals surface area (Å²) >= 11 is 0. The van der Waals surface area contributed by atoms with Crippen LogP contribution in [0.1, 0.15) is 98.6 Å². The van der Waals surface area contributed by atoms with E-state index in [1.807, 2.05) is 12.1 Å². The van der Waals surface area contributed by atoms with Gasteiger partial charge in [0.25, 0.3) is 0 Å². The van der Waals surface area contributed by atoms with E-state index in [9.17, 15) is 9.90 Å². The fourth-order valence-corrected chi connectivity index (χ4v) is 9.28. The zero-order chi connectivity index (χ0) is 32.5. The van der Waals surface area contributed by atoms with Crippen molar-refractivity contribution in [2.24, 2.45) is 23.7 Å². The van der Waals surface area contributed by atoms with E-state index in [1.54, 1.807) is 0 Å². The lowest BCUT2D eigenvalue weighted by atomic mass is 9.53. The summed E-state index contributed by atoms with van der Waals surface area (Å²) in [6.45, 7) is 5.69. The Labute approximate surface area is 280 Å². The topological polar surface area (TPSA) is 83.1 Å². The van der Waals surface area contributed by atoms with Gasteiger partial charge in [-0.1, -0.05) is 85.8 Å². The van der Waals surface area contributed by atoms with Gasteiger partial charge in [-0.2, -0.15) is 0 Å². The van der Waals surface area contributed by atoms with E-state index in [2.05, 4.69) is 103 Å². The van der Waals surface area contributed by atoms with Crippen LogP contribution in [0.5, 0.6) is 0 Å². The van der Waals surface area contributed by atoms with Gasteiger partial charge in [0.1, 0.15) is 0 Å². The van der Waals surface area contributed by atoms with E-state index in [1.165, 1.54) is 24.8 Å². The number of aliphatic hydroxyl groups is 1. The molecule has 8 rings (SSSR count). The lowest BCUT2D eigenvalue weighted by Gasteiger charge is -2.56. The van der Waals surface area contributed by atoms with Crippen molar-refractivity contribution in [2.45, 2.75) is 95.6 Å². The minimum Gasteiger partial charge on any atom is -0.392 e. The number of carbonyl (C=O) groups is 1. The van der Waals surface area contributed by atoms with Crippen LogP contribution in [-0.4, -0.2) is 41.3 Å². The van der Waals surface area contributed by atoms with E-state index in [-0.39, 0.29) is 42.3 Å². The van der Waals surface area contributed by atoms with Gasteiger partial charge < -0.3 is 25.2 Å². The third kappa shape index (κ3) is 7.14. The molecule has 0 unspecified atom stereocenters. The number of aliphatic hydroxyl groups excluding tert-OH is 1. The van der Waals surface area contributed by atoms with Gasteiger partial charge >= 0.3 is 6.03 Å². The molecule has 3 aromatic carbocycles. The molecule has 1 saturated heterocycles. The normalized spacial score (nSPS) is 31.9. The van der Waals surface area contributed by atoms with Crippen molar-refractivity contribution in [2.75, 3.05) is 13.6 Å². The standard InChI is InChI=1S/C40H51N3O4/c1-26-36(24-43(3)27(2)33-7-5-4-6-8-33)46-38(47-37(26)34-13-11-29(25-44)12-14-34)35-15-9-28(10-16-35)23-41-39(45)42-40-20-30-17-31(21-40)19-32(18-30)22-40/h4-16,26-27,30-32,36-38,44H,17-25H2,1-3H3,(H2,41,42,45)/t26-,27+,30?,31?,32?,36+,37+,38+,40?/m1/s1. The minimum atomic E-state index is -0.527. The summed E-state index contributed by atoms with van der Waals surface area (Å²) in [5.74, 6) is 2.50. The molecule has 1 aliphatic heterocycles.